The molecule has 3 aromatic carbocycles. The van der Waals surface area contributed by atoms with E-state index in [4.69, 9.17) is 11.6 Å². The standard InChI is InChI=1S/C22H17ClN4O/c23-16-12-10-15(11-13-16)14-24-22(28)21-26-19-9-5-4-8-18(19)20(27-21)25-17-6-2-1-3-7-17/h1-13H,14H2,(H,24,28)(H,25,26,27). The third kappa shape index (κ3) is 4.10. The maximum Gasteiger partial charge on any atom is 0.289 e. The maximum absolute atomic E-state index is 12.6. The normalized spacial score (nSPS) is 10.6. The third-order valence-electron chi connectivity index (χ3n) is 4.21. The summed E-state index contributed by atoms with van der Waals surface area (Å²) in [6, 6.07) is 24.6. The van der Waals surface area contributed by atoms with Gasteiger partial charge in [-0.15, -0.1) is 0 Å². The lowest BCUT2D eigenvalue weighted by molar-refractivity contribution is 0.0941. The van der Waals surface area contributed by atoms with E-state index in [0.29, 0.717) is 22.9 Å². The second kappa shape index (κ2) is 8.06. The Labute approximate surface area is 167 Å². The van der Waals surface area contributed by atoms with Gasteiger partial charge in [0, 0.05) is 22.6 Å². The van der Waals surface area contributed by atoms with E-state index in [1.807, 2.05) is 66.7 Å². The van der Waals surface area contributed by atoms with E-state index >= 15 is 0 Å². The van der Waals surface area contributed by atoms with Gasteiger partial charge in [0.25, 0.3) is 5.91 Å². The molecule has 0 radical (unpaired) electrons. The highest BCUT2D eigenvalue weighted by molar-refractivity contribution is 6.30. The lowest BCUT2D eigenvalue weighted by Crippen LogP contribution is -2.25. The lowest BCUT2D eigenvalue weighted by Gasteiger charge is -2.11. The molecular weight excluding hydrogens is 372 g/mol. The Morgan fingerprint density at radius 3 is 2.36 bits per heavy atom. The predicted molar refractivity (Wildman–Crippen MR) is 112 cm³/mol. The molecule has 0 saturated carbocycles. The van der Waals surface area contributed by atoms with Crippen molar-refractivity contribution in [2.45, 2.75) is 6.54 Å². The van der Waals surface area contributed by atoms with Gasteiger partial charge in [0.05, 0.1) is 5.52 Å². The quantitative estimate of drug-likeness (QED) is 0.507. The Hall–Kier alpha value is -3.44. The number of anilines is 2. The van der Waals surface area contributed by atoms with Crippen LogP contribution in [-0.4, -0.2) is 15.9 Å². The molecule has 0 saturated heterocycles. The minimum absolute atomic E-state index is 0.117. The summed E-state index contributed by atoms with van der Waals surface area (Å²) in [5.74, 6) is 0.372. The van der Waals surface area contributed by atoms with Crippen molar-refractivity contribution in [3.05, 3.63) is 95.3 Å². The van der Waals surface area contributed by atoms with Gasteiger partial charge in [-0.1, -0.05) is 54.1 Å². The van der Waals surface area contributed by atoms with E-state index in [9.17, 15) is 4.79 Å². The van der Waals surface area contributed by atoms with E-state index in [0.717, 1.165) is 16.6 Å². The van der Waals surface area contributed by atoms with Crippen molar-refractivity contribution >= 4 is 39.9 Å². The molecule has 0 unspecified atom stereocenters. The molecule has 28 heavy (non-hydrogen) atoms. The molecule has 0 bridgehead atoms. The van der Waals surface area contributed by atoms with Crippen LogP contribution in [-0.2, 0) is 6.54 Å². The Morgan fingerprint density at radius 1 is 0.857 bits per heavy atom. The number of aromatic nitrogens is 2. The summed E-state index contributed by atoms with van der Waals surface area (Å²) in [5, 5.41) is 7.64. The van der Waals surface area contributed by atoms with Crippen LogP contribution in [0, 0.1) is 0 Å². The summed E-state index contributed by atoms with van der Waals surface area (Å²) in [6.07, 6.45) is 0. The summed E-state index contributed by atoms with van der Waals surface area (Å²) in [7, 11) is 0. The van der Waals surface area contributed by atoms with Gasteiger partial charge in [-0.3, -0.25) is 4.79 Å². The van der Waals surface area contributed by atoms with Crippen molar-refractivity contribution in [3.63, 3.8) is 0 Å². The van der Waals surface area contributed by atoms with Crippen LogP contribution in [0.15, 0.2) is 78.9 Å². The number of rotatable bonds is 5. The summed E-state index contributed by atoms with van der Waals surface area (Å²) in [6.45, 7) is 0.369. The first-order valence-electron chi connectivity index (χ1n) is 8.80. The smallest absolute Gasteiger partial charge is 0.289 e. The molecule has 4 aromatic rings. The van der Waals surface area contributed by atoms with Crippen molar-refractivity contribution in [3.8, 4) is 0 Å². The number of carbonyl (C=O) groups is 1. The van der Waals surface area contributed by atoms with Gasteiger partial charge in [0.15, 0.2) is 0 Å². The summed E-state index contributed by atoms with van der Waals surface area (Å²) in [5.41, 5.74) is 2.53. The first kappa shape index (κ1) is 17.9. The van der Waals surface area contributed by atoms with Crippen LogP contribution in [0.2, 0.25) is 5.02 Å². The van der Waals surface area contributed by atoms with Crippen LogP contribution >= 0.6 is 11.6 Å². The Balaban J connectivity index is 1.61. The maximum atomic E-state index is 12.6. The number of amides is 1. The third-order valence-corrected chi connectivity index (χ3v) is 4.46. The van der Waals surface area contributed by atoms with Gasteiger partial charge in [0.1, 0.15) is 5.82 Å². The second-order valence-electron chi connectivity index (χ2n) is 6.21. The summed E-state index contributed by atoms with van der Waals surface area (Å²) < 4.78 is 0. The average molecular weight is 389 g/mol. The molecule has 6 heteroatoms. The van der Waals surface area contributed by atoms with Gasteiger partial charge in [-0.2, -0.15) is 0 Å². The number of nitrogens with zero attached hydrogens (tertiary/aromatic N) is 2. The zero-order chi connectivity index (χ0) is 19.3. The molecule has 0 aliphatic rings. The highest BCUT2D eigenvalue weighted by Crippen LogP contribution is 2.23. The minimum Gasteiger partial charge on any atom is -0.345 e. The number of halogens is 1. The Bertz CT molecular complexity index is 1110. The molecule has 0 atom stereocenters. The fourth-order valence-corrected chi connectivity index (χ4v) is 2.92. The molecule has 2 N–H and O–H groups in total. The van der Waals surface area contributed by atoms with E-state index in [2.05, 4.69) is 20.6 Å². The van der Waals surface area contributed by atoms with Gasteiger partial charge >= 0.3 is 0 Å². The average Bonchev–Trinajstić information content (AvgIpc) is 2.74. The molecule has 1 heterocycles. The van der Waals surface area contributed by atoms with Crippen LogP contribution in [0.25, 0.3) is 10.9 Å². The van der Waals surface area contributed by atoms with Gasteiger partial charge in [-0.05, 0) is 42.0 Å². The van der Waals surface area contributed by atoms with Gasteiger partial charge < -0.3 is 10.6 Å². The monoisotopic (exact) mass is 388 g/mol. The Morgan fingerprint density at radius 2 is 1.57 bits per heavy atom. The predicted octanol–water partition coefficient (Wildman–Crippen LogP) is 4.96. The largest absolute Gasteiger partial charge is 0.345 e. The van der Waals surface area contributed by atoms with Crippen molar-refractivity contribution < 1.29 is 4.79 Å². The van der Waals surface area contributed by atoms with Crippen molar-refractivity contribution in [1.29, 1.82) is 0 Å². The summed E-state index contributed by atoms with van der Waals surface area (Å²) in [4.78, 5) is 21.5. The number of hydrogen-bond donors (Lipinski definition) is 2. The van der Waals surface area contributed by atoms with Crippen LogP contribution in [0.5, 0.6) is 0 Å². The molecule has 1 amide bonds. The molecule has 4 rings (SSSR count). The molecule has 0 spiro atoms. The van der Waals surface area contributed by atoms with E-state index < -0.39 is 0 Å². The van der Waals surface area contributed by atoms with Crippen LogP contribution in [0.3, 0.4) is 0 Å². The molecular formula is C22H17ClN4O. The summed E-state index contributed by atoms with van der Waals surface area (Å²) >= 11 is 5.90. The van der Waals surface area contributed by atoms with E-state index in [1.54, 1.807) is 12.1 Å². The first-order valence-corrected chi connectivity index (χ1v) is 9.18. The zero-order valence-electron chi connectivity index (χ0n) is 14.9. The molecule has 0 aliphatic carbocycles. The number of nitrogens with one attached hydrogen (secondary N) is 2. The molecule has 5 nitrogen and oxygen atoms in total. The van der Waals surface area contributed by atoms with Gasteiger partial charge in [0.2, 0.25) is 5.82 Å². The molecule has 0 aliphatic heterocycles. The van der Waals surface area contributed by atoms with Gasteiger partial charge in [-0.25, -0.2) is 9.97 Å². The first-order chi connectivity index (χ1) is 13.7. The molecule has 1 aromatic heterocycles. The fraction of sp³-hybridized carbons (Fsp3) is 0.0455. The minimum atomic E-state index is -0.336. The topological polar surface area (TPSA) is 66.9 Å². The highest BCUT2D eigenvalue weighted by atomic mass is 35.5. The SMILES string of the molecule is O=C(NCc1ccc(Cl)cc1)c1nc(Nc2ccccc2)c2ccccc2n1. The van der Waals surface area contributed by atoms with Crippen LogP contribution in [0.4, 0.5) is 11.5 Å². The highest BCUT2D eigenvalue weighted by Gasteiger charge is 2.14. The van der Waals surface area contributed by atoms with Crippen LogP contribution in [0.1, 0.15) is 16.2 Å². The van der Waals surface area contributed by atoms with Crippen molar-refractivity contribution in [2.24, 2.45) is 0 Å². The van der Waals surface area contributed by atoms with Crippen molar-refractivity contribution in [2.75, 3.05) is 5.32 Å². The number of carbonyl (C=O) groups excluding carboxylic acids is 1. The molecule has 0 fully saturated rings. The fourth-order valence-electron chi connectivity index (χ4n) is 2.80. The number of hydrogen-bond acceptors (Lipinski definition) is 4. The van der Waals surface area contributed by atoms with Crippen LogP contribution < -0.4 is 10.6 Å². The molecule has 138 valence electrons. The number of fused-ring (bicyclic) bond motifs is 1. The number of para-hydroxylation sites is 2. The second-order valence-corrected chi connectivity index (χ2v) is 6.65. The van der Waals surface area contributed by atoms with E-state index in [1.165, 1.54) is 0 Å². The zero-order valence-corrected chi connectivity index (χ0v) is 15.6. The Kier molecular flexibility index (Phi) is 5.17. The number of benzene rings is 3. The van der Waals surface area contributed by atoms with E-state index in [-0.39, 0.29) is 11.7 Å². The lowest BCUT2D eigenvalue weighted by atomic mass is 10.2. The van der Waals surface area contributed by atoms with Crippen molar-refractivity contribution in [1.82, 2.24) is 15.3 Å².